The highest BCUT2D eigenvalue weighted by atomic mass is 16.6. The Balaban J connectivity index is 1.63. The number of rotatable bonds is 12. The smallest absolute Gasteiger partial charge is 0.421 e. The van der Waals surface area contributed by atoms with Gasteiger partial charge in [0.25, 0.3) is 5.78 Å². The Morgan fingerprint density at radius 2 is 1.59 bits per heavy atom. The minimum atomic E-state index is -1.00. The minimum absolute atomic E-state index is 0.0280. The van der Waals surface area contributed by atoms with Gasteiger partial charge in [-0.25, -0.2) is 15.0 Å². The quantitative estimate of drug-likeness (QED) is 0.101. The molecular formula is C24H31N5O5. The normalized spacial score (nSPS) is 13.2. The number of hydrazine groups is 1. The van der Waals surface area contributed by atoms with Crippen molar-refractivity contribution in [2.75, 3.05) is 19.8 Å². The average Bonchev–Trinajstić information content (AvgIpc) is 3.15. The second-order valence-corrected chi connectivity index (χ2v) is 7.85. The van der Waals surface area contributed by atoms with E-state index in [1.54, 1.807) is 6.92 Å². The fourth-order valence-corrected chi connectivity index (χ4v) is 3.97. The SMILES string of the molecule is CCOC(=O)NN[C@@H](CCCNC(N)N)C(=O)C(=O)OCC1c2ccccc2-c2ccccc21. The lowest BCUT2D eigenvalue weighted by atomic mass is 9.98. The van der Waals surface area contributed by atoms with Crippen molar-refractivity contribution in [1.82, 2.24) is 16.2 Å². The molecule has 0 saturated carbocycles. The zero-order valence-electron chi connectivity index (χ0n) is 19.1. The van der Waals surface area contributed by atoms with E-state index in [1.165, 1.54) is 0 Å². The number of carbonyl (C=O) groups excluding carboxylic acids is 3. The number of hydrogen-bond donors (Lipinski definition) is 5. The second kappa shape index (κ2) is 12.2. The number of hydrogen-bond acceptors (Lipinski definition) is 9. The van der Waals surface area contributed by atoms with Crippen molar-refractivity contribution in [1.29, 1.82) is 0 Å². The van der Waals surface area contributed by atoms with Gasteiger partial charge in [-0.3, -0.25) is 15.5 Å². The molecule has 1 aliphatic rings. The van der Waals surface area contributed by atoms with Crippen LogP contribution in [0.4, 0.5) is 4.79 Å². The Hall–Kier alpha value is -3.31. The number of Topliss-reactive ketones (excluding diaryl/α,β-unsaturated/α-hetero) is 1. The molecule has 0 aromatic heterocycles. The maximum Gasteiger partial charge on any atom is 0.421 e. The molecule has 182 valence electrons. The first-order valence-corrected chi connectivity index (χ1v) is 11.2. The number of amides is 1. The first kappa shape index (κ1) is 25.3. The molecule has 10 nitrogen and oxygen atoms in total. The monoisotopic (exact) mass is 469 g/mol. The van der Waals surface area contributed by atoms with Gasteiger partial charge in [0, 0.05) is 5.92 Å². The molecular weight excluding hydrogens is 438 g/mol. The van der Waals surface area contributed by atoms with Gasteiger partial charge in [-0.15, -0.1) is 0 Å². The molecule has 1 aliphatic carbocycles. The Bertz CT molecular complexity index is 967. The predicted octanol–water partition coefficient (Wildman–Crippen LogP) is 1.10. The van der Waals surface area contributed by atoms with Gasteiger partial charge in [0.1, 0.15) is 12.9 Å². The first-order chi connectivity index (χ1) is 16.4. The number of esters is 1. The van der Waals surface area contributed by atoms with Crippen LogP contribution < -0.4 is 27.6 Å². The van der Waals surface area contributed by atoms with Crippen LogP contribution in [0.1, 0.15) is 36.8 Å². The Labute approximate surface area is 198 Å². The number of nitrogens with one attached hydrogen (secondary N) is 3. The highest BCUT2D eigenvalue weighted by molar-refractivity contribution is 6.35. The standard InChI is InChI=1S/C24H31N5O5/c1-2-33-24(32)29-28-20(12-7-13-27-23(25)26)21(30)22(31)34-14-19-17-10-5-3-8-15(17)16-9-4-6-11-18(16)19/h3-6,8-11,19-20,23,27-28H,2,7,12-14,25-26H2,1H3,(H,29,32)/t20-/m0/s1. The molecule has 2 aromatic rings. The molecule has 1 amide bonds. The predicted molar refractivity (Wildman–Crippen MR) is 126 cm³/mol. The molecule has 0 saturated heterocycles. The second-order valence-electron chi connectivity index (χ2n) is 7.85. The summed E-state index contributed by atoms with van der Waals surface area (Å²) in [4.78, 5) is 37.1. The van der Waals surface area contributed by atoms with E-state index >= 15 is 0 Å². The molecule has 3 rings (SSSR count). The molecule has 2 aromatic carbocycles. The summed E-state index contributed by atoms with van der Waals surface area (Å²) in [6.45, 7) is 2.27. The summed E-state index contributed by atoms with van der Waals surface area (Å²) in [5.74, 6) is -1.94. The van der Waals surface area contributed by atoms with Gasteiger partial charge in [0.05, 0.1) is 12.6 Å². The van der Waals surface area contributed by atoms with Gasteiger partial charge >= 0.3 is 12.1 Å². The van der Waals surface area contributed by atoms with Crippen molar-refractivity contribution in [2.45, 2.75) is 38.0 Å². The fourth-order valence-electron chi connectivity index (χ4n) is 3.97. The summed E-state index contributed by atoms with van der Waals surface area (Å²) >= 11 is 0. The highest BCUT2D eigenvalue weighted by Gasteiger charge is 2.32. The van der Waals surface area contributed by atoms with Crippen molar-refractivity contribution in [3.05, 3.63) is 59.7 Å². The number of ether oxygens (including phenoxy) is 2. The zero-order valence-corrected chi connectivity index (χ0v) is 19.1. The van der Waals surface area contributed by atoms with Crippen LogP contribution in [0, 0.1) is 0 Å². The van der Waals surface area contributed by atoms with Gasteiger partial charge in [0.2, 0.25) is 0 Å². The summed E-state index contributed by atoms with van der Waals surface area (Å²) < 4.78 is 10.2. The average molecular weight is 470 g/mol. The third-order valence-electron chi connectivity index (χ3n) is 5.53. The number of ketones is 1. The number of benzene rings is 2. The molecule has 0 radical (unpaired) electrons. The van der Waals surface area contributed by atoms with Gasteiger partial charge in [0.15, 0.2) is 0 Å². The van der Waals surface area contributed by atoms with Crippen molar-refractivity contribution < 1.29 is 23.9 Å². The highest BCUT2D eigenvalue weighted by Crippen LogP contribution is 2.44. The van der Waals surface area contributed by atoms with E-state index in [9.17, 15) is 14.4 Å². The van der Waals surface area contributed by atoms with Crippen LogP contribution in [-0.2, 0) is 19.1 Å². The van der Waals surface area contributed by atoms with E-state index in [4.69, 9.17) is 20.9 Å². The molecule has 10 heteroatoms. The Morgan fingerprint density at radius 3 is 2.18 bits per heavy atom. The van der Waals surface area contributed by atoms with Crippen LogP contribution in [0.3, 0.4) is 0 Å². The van der Waals surface area contributed by atoms with Crippen molar-refractivity contribution in [3.63, 3.8) is 0 Å². The molecule has 34 heavy (non-hydrogen) atoms. The molecule has 7 N–H and O–H groups in total. The maximum absolute atomic E-state index is 12.8. The summed E-state index contributed by atoms with van der Waals surface area (Å²) in [6, 6.07) is 14.9. The minimum Gasteiger partial charge on any atom is -0.459 e. The lowest BCUT2D eigenvalue weighted by Crippen LogP contribution is -2.51. The third-order valence-corrected chi connectivity index (χ3v) is 5.53. The van der Waals surface area contributed by atoms with Crippen molar-refractivity contribution in [2.24, 2.45) is 11.5 Å². The van der Waals surface area contributed by atoms with Gasteiger partial charge < -0.3 is 20.9 Å². The lowest BCUT2D eigenvalue weighted by Gasteiger charge is -2.19. The van der Waals surface area contributed by atoms with Crippen LogP contribution in [0.15, 0.2) is 48.5 Å². The van der Waals surface area contributed by atoms with Crippen LogP contribution >= 0.6 is 0 Å². The van der Waals surface area contributed by atoms with Crippen LogP contribution in [0.5, 0.6) is 0 Å². The molecule has 0 unspecified atom stereocenters. The van der Waals surface area contributed by atoms with E-state index in [2.05, 4.69) is 16.2 Å². The van der Waals surface area contributed by atoms with Crippen LogP contribution in [0.25, 0.3) is 11.1 Å². The molecule has 0 heterocycles. The summed E-state index contributed by atoms with van der Waals surface area (Å²) in [7, 11) is 0. The van der Waals surface area contributed by atoms with Crippen LogP contribution in [-0.4, -0.2) is 49.9 Å². The third kappa shape index (κ3) is 6.39. The number of carbonyl (C=O) groups is 3. The largest absolute Gasteiger partial charge is 0.459 e. The van der Waals surface area contributed by atoms with E-state index < -0.39 is 30.2 Å². The maximum atomic E-state index is 12.8. The summed E-state index contributed by atoms with van der Waals surface area (Å²) in [5.41, 5.74) is 20.0. The van der Waals surface area contributed by atoms with Gasteiger partial charge in [-0.2, -0.15) is 0 Å². The van der Waals surface area contributed by atoms with Crippen LogP contribution in [0.2, 0.25) is 0 Å². The number of fused-ring (bicyclic) bond motifs is 3. The molecule has 0 fully saturated rings. The lowest BCUT2D eigenvalue weighted by molar-refractivity contribution is -0.155. The van der Waals surface area contributed by atoms with E-state index in [0.29, 0.717) is 13.0 Å². The topological polar surface area (TPSA) is 158 Å². The first-order valence-electron chi connectivity index (χ1n) is 11.2. The fraction of sp³-hybridized carbons (Fsp3) is 0.375. The summed E-state index contributed by atoms with van der Waals surface area (Å²) in [5, 5.41) is 2.82. The number of nitrogens with two attached hydrogens (primary N) is 2. The molecule has 1 atom stereocenters. The Morgan fingerprint density at radius 1 is 0.971 bits per heavy atom. The van der Waals surface area contributed by atoms with Crippen molar-refractivity contribution in [3.8, 4) is 11.1 Å². The van der Waals surface area contributed by atoms with E-state index in [0.717, 1.165) is 22.3 Å². The molecule has 0 spiro atoms. The molecule has 0 bridgehead atoms. The van der Waals surface area contributed by atoms with Crippen molar-refractivity contribution >= 4 is 17.8 Å². The zero-order chi connectivity index (χ0) is 24.5. The van der Waals surface area contributed by atoms with Gasteiger partial charge in [-0.05, 0) is 48.6 Å². The molecule has 0 aliphatic heterocycles. The Kier molecular flexibility index (Phi) is 9.11. The van der Waals surface area contributed by atoms with Gasteiger partial charge in [-0.1, -0.05) is 48.5 Å². The van der Waals surface area contributed by atoms with E-state index in [1.807, 2.05) is 48.5 Å². The van der Waals surface area contributed by atoms with E-state index in [-0.39, 0.29) is 25.6 Å². The summed E-state index contributed by atoms with van der Waals surface area (Å²) in [6.07, 6.45) is -0.748.